The lowest BCUT2D eigenvalue weighted by Crippen LogP contribution is -2.38. The van der Waals surface area contributed by atoms with Crippen molar-refractivity contribution in [1.82, 2.24) is 9.21 Å². The van der Waals surface area contributed by atoms with Crippen LogP contribution in [-0.4, -0.2) is 49.0 Å². The third kappa shape index (κ3) is 5.22. The van der Waals surface area contributed by atoms with Crippen molar-refractivity contribution in [3.63, 3.8) is 0 Å². The van der Waals surface area contributed by atoms with Gasteiger partial charge in [-0.3, -0.25) is 0 Å². The molecule has 2 aromatic rings. The molecule has 2 aliphatic heterocycles. The van der Waals surface area contributed by atoms with Crippen molar-refractivity contribution in [2.24, 2.45) is 5.92 Å². The Kier molecular flexibility index (Phi) is 6.67. The van der Waals surface area contributed by atoms with Crippen LogP contribution in [-0.2, 0) is 23.0 Å². The van der Waals surface area contributed by atoms with Crippen LogP contribution in [0.1, 0.15) is 37.0 Å². The fourth-order valence-electron chi connectivity index (χ4n) is 4.33. The number of urea groups is 1. The number of nitrogens with zero attached hydrogens (tertiary/aromatic N) is 2. The average Bonchev–Trinajstić information content (AvgIpc) is 2.78. The van der Waals surface area contributed by atoms with E-state index in [2.05, 4.69) is 17.4 Å². The molecule has 0 radical (unpaired) electrons. The summed E-state index contributed by atoms with van der Waals surface area (Å²) in [5.74, 6) is 0.306. The first-order valence-corrected chi connectivity index (χ1v) is 12.8. The van der Waals surface area contributed by atoms with Gasteiger partial charge in [0, 0.05) is 31.9 Å². The van der Waals surface area contributed by atoms with E-state index in [-0.39, 0.29) is 17.7 Å². The number of fused-ring (bicyclic) bond motifs is 1. The van der Waals surface area contributed by atoms with Crippen molar-refractivity contribution in [2.45, 2.75) is 33.2 Å². The Morgan fingerprint density at radius 3 is 2.38 bits per heavy atom. The van der Waals surface area contributed by atoms with E-state index >= 15 is 0 Å². The smallest absolute Gasteiger partial charge is 0.320 e. The van der Waals surface area contributed by atoms with Crippen LogP contribution in [0.5, 0.6) is 0 Å². The van der Waals surface area contributed by atoms with Gasteiger partial charge in [0.2, 0.25) is 10.0 Å². The number of nitrogens with one attached hydrogen (secondary N) is 1. The van der Waals surface area contributed by atoms with E-state index in [1.54, 1.807) is 4.31 Å². The van der Waals surface area contributed by atoms with Gasteiger partial charge in [-0.1, -0.05) is 56.3 Å². The second-order valence-electron chi connectivity index (χ2n) is 8.96. The molecule has 0 aromatic heterocycles. The molecule has 0 fully saturated rings. The van der Waals surface area contributed by atoms with Gasteiger partial charge in [-0.05, 0) is 53.2 Å². The van der Waals surface area contributed by atoms with Gasteiger partial charge in [-0.2, -0.15) is 4.31 Å². The highest BCUT2D eigenvalue weighted by Gasteiger charge is 2.25. The highest BCUT2D eigenvalue weighted by Crippen LogP contribution is 2.26. The Hall–Kier alpha value is -2.64. The molecule has 1 N–H and O–H groups in total. The molecule has 2 heterocycles. The van der Waals surface area contributed by atoms with Crippen molar-refractivity contribution in [2.75, 3.05) is 30.7 Å². The lowest BCUT2D eigenvalue weighted by molar-refractivity contribution is 0.206. The molecule has 0 unspecified atom stereocenters. The van der Waals surface area contributed by atoms with Crippen molar-refractivity contribution >= 4 is 27.3 Å². The number of benzene rings is 2. The maximum atomic E-state index is 12.7. The zero-order chi connectivity index (χ0) is 22.7. The fourth-order valence-corrected chi connectivity index (χ4v) is 6.06. The van der Waals surface area contributed by atoms with Crippen molar-refractivity contribution in [1.29, 1.82) is 0 Å². The molecule has 0 atom stereocenters. The Morgan fingerprint density at radius 2 is 1.72 bits per heavy atom. The summed E-state index contributed by atoms with van der Waals surface area (Å²) in [6.45, 7) is 6.11. The predicted octanol–water partition coefficient (Wildman–Crippen LogP) is 4.35. The van der Waals surface area contributed by atoms with Gasteiger partial charge in [-0.15, -0.1) is 0 Å². The van der Waals surface area contributed by atoms with Crippen LogP contribution in [0.4, 0.5) is 10.5 Å². The number of amides is 2. The van der Waals surface area contributed by atoms with Gasteiger partial charge < -0.3 is 10.2 Å². The lowest BCUT2D eigenvalue weighted by atomic mass is 10.00. The van der Waals surface area contributed by atoms with Crippen LogP contribution >= 0.6 is 0 Å². The van der Waals surface area contributed by atoms with Crippen LogP contribution in [0, 0.1) is 5.92 Å². The second-order valence-corrected chi connectivity index (χ2v) is 11.0. The molecule has 4 rings (SSSR count). The maximum Gasteiger partial charge on any atom is 0.322 e. The molecule has 2 aromatic carbocycles. The number of hydrogen-bond acceptors (Lipinski definition) is 3. The second kappa shape index (κ2) is 9.46. The molecule has 2 aliphatic rings. The first kappa shape index (κ1) is 22.6. The summed E-state index contributed by atoms with van der Waals surface area (Å²) in [4.78, 5) is 14.6. The van der Waals surface area contributed by atoms with Crippen LogP contribution in [0.15, 0.2) is 54.6 Å². The minimum absolute atomic E-state index is 0.0878. The molecule has 170 valence electrons. The number of carbonyl (C=O) groups excluding carboxylic acids is 1. The Bertz CT molecular complexity index is 1110. The molecule has 0 aliphatic carbocycles. The van der Waals surface area contributed by atoms with Crippen molar-refractivity contribution < 1.29 is 13.2 Å². The summed E-state index contributed by atoms with van der Waals surface area (Å²) < 4.78 is 26.4. The van der Waals surface area contributed by atoms with Gasteiger partial charge >= 0.3 is 6.03 Å². The van der Waals surface area contributed by atoms with Gasteiger partial charge in [0.05, 0.1) is 5.75 Å². The summed E-state index contributed by atoms with van der Waals surface area (Å²) in [6, 6.07) is 16.0. The fraction of sp³-hybridized carbons (Fsp3) is 0.400. The third-order valence-electron chi connectivity index (χ3n) is 6.03. The molecular formula is C25H31N3O3S. The van der Waals surface area contributed by atoms with E-state index in [1.807, 2.05) is 61.2 Å². The largest absolute Gasteiger partial charge is 0.322 e. The summed E-state index contributed by atoms with van der Waals surface area (Å²) in [6.07, 6.45) is 3.57. The van der Waals surface area contributed by atoms with Crippen molar-refractivity contribution in [3.05, 3.63) is 71.3 Å². The first-order valence-electron chi connectivity index (χ1n) is 11.2. The van der Waals surface area contributed by atoms with E-state index in [4.69, 9.17) is 0 Å². The minimum atomic E-state index is -3.20. The van der Waals surface area contributed by atoms with Crippen LogP contribution in [0.2, 0.25) is 0 Å². The monoisotopic (exact) mass is 453 g/mol. The molecule has 6 nitrogen and oxygen atoms in total. The normalized spacial score (nSPS) is 17.1. The van der Waals surface area contributed by atoms with E-state index < -0.39 is 10.0 Å². The van der Waals surface area contributed by atoms with Gasteiger partial charge in [-0.25, -0.2) is 13.2 Å². The lowest BCUT2D eigenvalue weighted by Gasteiger charge is -2.29. The van der Waals surface area contributed by atoms with E-state index in [0.717, 1.165) is 23.2 Å². The Labute approximate surface area is 191 Å². The quantitative estimate of drug-likeness (QED) is 0.732. The van der Waals surface area contributed by atoms with E-state index in [1.165, 1.54) is 11.1 Å². The number of anilines is 1. The topological polar surface area (TPSA) is 69.7 Å². The zero-order valence-corrected chi connectivity index (χ0v) is 19.6. The molecule has 0 saturated carbocycles. The third-order valence-corrected chi connectivity index (χ3v) is 8.24. The molecule has 0 bridgehead atoms. The average molecular weight is 454 g/mol. The summed E-state index contributed by atoms with van der Waals surface area (Å²) in [5.41, 5.74) is 5.49. The summed E-state index contributed by atoms with van der Waals surface area (Å²) in [7, 11) is -3.20. The van der Waals surface area contributed by atoms with E-state index in [0.29, 0.717) is 32.6 Å². The van der Waals surface area contributed by atoms with Gasteiger partial charge in [0.15, 0.2) is 0 Å². The molecule has 0 spiro atoms. The molecule has 7 heteroatoms. The predicted molar refractivity (Wildman–Crippen MR) is 129 cm³/mol. The highest BCUT2D eigenvalue weighted by atomic mass is 32.2. The van der Waals surface area contributed by atoms with Crippen LogP contribution in [0.25, 0.3) is 5.57 Å². The Balaban J connectivity index is 1.35. The molecular weight excluding hydrogens is 422 g/mol. The summed E-state index contributed by atoms with van der Waals surface area (Å²) in [5, 5.41) is 3.00. The molecule has 2 amide bonds. The number of sulfonamides is 1. The van der Waals surface area contributed by atoms with Crippen molar-refractivity contribution in [3.8, 4) is 0 Å². The SMILES string of the molecule is CC(C)CS(=O)(=O)N1CC=C(c2ccc(NC(=O)N3CCc4ccccc4C3)cc2)CC1. The van der Waals surface area contributed by atoms with Gasteiger partial charge in [0.1, 0.15) is 0 Å². The van der Waals surface area contributed by atoms with Crippen LogP contribution < -0.4 is 5.32 Å². The number of rotatable bonds is 5. The minimum Gasteiger partial charge on any atom is -0.320 e. The Morgan fingerprint density at radius 1 is 1.00 bits per heavy atom. The molecule has 32 heavy (non-hydrogen) atoms. The number of carbonyl (C=O) groups is 1. The van der Waals surface area contributed by atoms with E-state index in [9.17, 15) is 13.2 Å². The number of hydrogen-bond donors (Lipinski definition) is 1. The zero-order valence-electron chi connectivity index (χ0n) is 18.8. The highest BCUT2D eigenvalue weighted by molar-refractivity contribution is 7.89. The van der Waals surface area contributed by atoms with Gasteiger partial charge in [0.25, 0.3) is 0 Å². The van der Waals surface area contributed by atoms with Crippen LogP contribution in [0.3, 0.4) is 0 Å². The standard InChI is InChI=1S/C25H31N3O3S/c1-19(2)18-32(30,31)28-15-12-22(13-16-28)21-7-9-24(10-8-21)26-25(29)27-14-11-20-5-3-4-6-23(20)17-27/h3-10,12,19H,11,13-18H2,1-2H3,(H,26,29). The first-order chi connectivity index (χ1) is 15.3. The summed E-state index contributed by atoms with van der Waals surface area (Å²) >= 11 is 0. The molecule has 0 saturated heterocycles. The maximum absolute atomic E-state index is 12.7.